The van der Waals surface area contributed by atoms with Crippen molar-refractivity contribution >= 4 is 212 Å². The van der Waals surface area contributed by atoms with E-state index in [1.807, 2.05) is 0 Å². The van der Waals surface area contributed by atoms with Crippen LogP contribution < -0.4 is 0 Å². The van der Waals surface area contributed by atoms with E-state index in [9.17, 15) is 0 Å². The Morgan fingerprint density at radius 2 is 0.360 bits per heavy atom. The van der Waals surface area contributed by atoms with Crippen molar-refractivity contribution in [2.45, 2.75) is 0 Å². The monoisotopic (exact) mass is 1520 g/mol. The van der Waals surface area contributed by atoms with Gasteiger partial charge >= 0.3 is 0 Å². The molecular formula is C104H58N6S4. The summed E-state index contributed by atoms with van der Waals surface area (Å²) >= 11 is 7.19. The molecule has 0 saturated heterocycles. The van der Waals surface area contributed by atoms with E-state index in [1.54, 1.807) is 45.3 Å². The van der Waals surface area contributed by atoms with Gasteiger partial charge in [0.25, 0.3) is 0 Å². The van der Waals surface area contributed by atoms with Crippen LogP contribution in [0.1, 0.15) is 0 Å². The molecular weight excluding hydrogens is 1460 g/mol. The fraction of sp³-hybridized carbons (Fsp3) is 0. The lowest BCUT2D eigenvalue weighted by molar-refractivity contribution is 1.08. The summed E-state index contributed by atoms with van der Waals surface area (Å²) in [7, 11) is 0. The lowest BCUT2D eigenvalue weighted by Gasteiger charge is -2.16. The van der Waals surface area contributed by atoms with Crippen LogP contribution in [0.2, 0.25) is 0 Å². The summed E-state index contributed by atoms with van der Waals surface area (Å²) in [4.78, 5) is 32.1. The lowest BCUT2D eigenvalue weighted by Crippen LogP contribution is -2.01. The summed E-state index contributed by atoms with van der Waals surface area (Å²) < 4.78 is 9.74. The van der Waals surface area contributed by atoms with Crippen LogP contribution in [-0.2, 0) is 0 Å². The van der Waals surface area contributed by atoms with Gasteiger partial charge in [-0.25, -0.2) is 29.9 Å². The predicted octanol–water partition coefficient (Wildman–Crippen LogP) is 30.1. The smallest absolute Gasteiger partial charge is 0.165 e. The van der Waals surface area contributed by atoms with Crippen LogP contribution in [0.15, 0.2) is 352 Å². The summed E-state index contributed by atoms with van der Waals surface area (Å²) in [6.45, 7) is 0. The molecule has 25 aromatic rings. The number of benzene rings is 19. The zero-order valence-corrected chi connectivity index (χ0v) is 64.1. The number of hydrogen-bond acceptors (Lipinski definition) is 10. The maximum Gasteiger partial charge on any atom is 0.165 e. The number of hydrogen-bond donors (Lipinski definition) is 0. The second-order valence-electron chi connectivity index (χ2n) is 29.3. The van der Waals surface area contributed by atoms with E-state index >= 15 is 0 Å². The highest BCUT2D eigenvalue weighted by Gasteiger charge is 2.25. The topological polar surface area (TPSA) is 77.3 Å². The normalized spacial score (nSPS) is 12.0. The summed E-state index contributed by atoms with van der Waals surface area (Å²) in [6, 6.07) is 127. The molecule has 0 fully saturated rings. The average Bonchev–Trinajstić information content (AvgIpc) is 0.899. The second kappa shape index (κ2) is 25.9. The summed E-state index contributed by atoms with van der Waals surface area (Å²) in [6.07, 6.45) is 0. The highest BCUT2D eigenvalue weighted by atomic mass is 32.1. The van der Waals surface area contributed by atoms with Crippen LogP contribution in [0.25, 0.3) is 246 Å². The first-order valence-corrected chi connectivity index (χ1v) is 41.6. The molecule has 0 unspecified atom stereocenters. The van der Waals surface area contributed by atoms with Crippen LogP contribution in [0.5, 0.6) is 0 Å². The Morgan fingerprint density at radius 3 is 0.693 bits per heavy atom. The molecule has 6 nitrogen and oxygen atoms in total. The molecule has 0 spiro atoms. The van der Waals surface area contributed by atoms with Gasteiger partial charge in [0, 0.05) is 114 Å². The molecule has 0 radical (unpaired) electrons. The van der Waals surface area contributed by atoms with E-state index in [0.717, 1.165) is 44.3 Å². The summed E-state index contributed by atoms with van der Waals surface area (Å²) in [5, 5.41) is 29.8. The van der Waals surface area contributed by atoms with Gasteiger partial charge in [0.1, 0.15) is 0 Å². The average molecular weight is 1520 g/mol. The zero-order chi connectivity index (χ0) is 74.6. The van der Waals surface area contributed by atoms with Crippen molar-refractivity contribution in [1.82, 2.24) is 29.9 Å². The fourth-order valence-electron chi connectivity index (χ4n) is 17.9. The minimum Gasteiger partial charge on any atom is -0.208 e. The first-order valence-electron chi connectivity index (χ1n) is 38.3. The molecule has 0 bridgehead atoms. The van der Waals surface area contributed by atoms with Gasteiger partial charge in [0.15, 0.2) is 34.9 Å². The number of aromatic nitrogens is 6. The Morgan fingerprint density at radius 1 is 0.140 bits per heavy atom. The molecule has 0 saturated carbocycles. The minimum absolute atomic E-state index is 0.651. The van der Waals surface area contributed by atoms with Crippen LogP contribution in [-0.4, -0.2) is 29.9 Å². The van der Waals surface area contributed by atoms with Crippen molar-refractivity contribution in [3.63, 3.8) is 0 Å². The van der Waals surface area contributed by atoms with E-state index in [2.05, 4.69) is 352 Å². The summed E-state index contributed by atoms with van der Waals surface area (Å²) in [5.74, 6) is 4.03. The van der Waals surface area contributed by atoms with Gasteiger partial charge in [0.05, 0.1) is 0 Å². The molecule has 0 aliphatic rings. The first kappa shape index (κ1) is 64.9. The summed E-state index contributed by atoms with van der Waals surface area (Å²) in [5.41, 5.74) is 8.35. The van der Waals surface area contributed by atoms with E-state index in [0.29, 0.717) is 34.9 Å². The molecule has 0 atom stereocenters. The van der Waals surface area contributed by atoms with E-state index in [1.165, 1.54) is 167 Å². The van der Waals surface area contributed by atoms with Crippen LogP contribution in [0.3, 0.4) is 0 Å². The molecule has 19 aromatic carbocycles. The third kappa shape index (κ3) is 10.1. The molecule has 114 heavy (non-hydrogen) atoms. The van der Waals surface area contributed by atoms with Crippen LogP contribution in [0, 0.1) is 0 Å². The molecule has 10 heteroatoms. The van der Waals surface area contributed by atoms with Crippen molar-refractivity contribution in [1.29, 1.82) is 0 Å². The standard InChI is InChI=1S/C55H31N3S2.C49H27N3S2/c1-2-15-36-34(13-1)35-14-3-5-19-40(35)50-41-20-6-4-16-37(41)46(31-47(36)50)32-27-29-33(30-28-32)53-56-54(44-23-11-21-42-38-17-7-9-25-48(38)59-51(42)44)58-55(57-53)45-24-12-22-43-39-18-8-10-26-49(39)60-52(43)45;1-2-15-30-28(13-1)29-14-3-5-19-34(29)44-35-20-6-4-16-31(35)41(27-40(30)44)49-51-47(38-23-11-21-36-32-17-7-9-25-42(32)53-45(36)38)50-48(52-49)39-24-12-22-37-33-18-8-10-26-43(33)54-46(37)39/h1-31H;1-27H. The molecule has 0 amide bonds. The predicted molar refractivity (Wildman–Crippen MR) is 489 cm³/mol. The zero-order valence-electron chi connectivity index (χ0n) is 60.8. The number of fused-ring (bicyclic) bond motifs is 28. The van der Waals surface area contributed by atoms with Crippen molar-refractivity contribution in [2.75, 3.05) is 0 Å². The fourth-order valence-corrected chi connectivity index (χ4v) is 22.8. The number of thiophene rings is 4. The molecule has 6 aromatic heterocycles. The highest BCUT2D eigenvalue weighted by Crippen LogP contribution is 2.49. The third-order valence-electron chi connectivity index (χ3n) is 23.0. The Hall–Kier alpha value is -13.8. The van der Waals surface area contributed by atoms with Crippen LogP contribution in [0.4, 0.5) is 0 Å². The Balaban J connectivity index is 0.000000132. The largest absolute Gasteiger partial charge is 0.208 e. The van der Waals surface area contributed by atoms with E-state index in [4.69, 9.17) is 29.9 Å². The quantitative estimate of drug-likeness (QED) is 0.148. The maximum atomic E-state index is 5.43. The Labute approximate surface area is 668 Å². The van der Waals surface area contributed by atoms with Gasteiger partial charge < -0.3 is 0 Å². The van der Waals surface area contributed by atoms with Gasteiger partial charge in [-0.1, -0.05) is 291 Å². The van der Waals surface area contributed by atoms with Crippen molar-refractivity contribution in [3.8, 4) is 79.5 Å². The van der Waals surface area contributed by atoms with Gasteiger partial charge in [-0.15, -0.1) is 45.3 Å². The van der Waals surface area contributed by atoms with Gasteiger partial charge in [-0.2, -0.15) is 0 Å². The Bertz CT molecular complexity index is 8140. The minimum atomic E-state index is 0.651. The van der Waals surface area contributed by atoms with E-state index < -0.39 is 0 Å². The molecule has 25 rings (SSSR count). The van der Waals surface area contributed by atoms with Gasteiger partial charge in [-0.3, -0.25) is 0 Å². The number of nitrogens with zero attached hydrogens (tertiary/aromatic N) is 6. The van der Waals surface area contributed by atoms with Crippen molar-refractivity contribution < 1.29 is 0 Å². The maximum absolute atomic E-state index is 5.43. The highest BCUT2D eigenvalue weighted by molar-refractivity contribution is 7.27. The SMILES string of the molecule is c1ccc2c(c1)sc1c(-c3nc(-c4cc5c6ccccc6c6ccccc6c5c5ccccc45)nc(-c4cccc5c4sc4ccccc45)n3)cccc12.c1ccc2c(c1)sc1c(-c3nc(-c4ccc(-c5cc6c7ccccc7c7ccccc7c6c6ccccc56)cc4)nc(-c4cccc5c4sc4ccccc45)n3)cccc12. The van der Waals surface area contributed by atoms with Crippen molar-refractivity contribution in [3.05, 3.63) is 352 Å². The van der Waals surface area contributed by atoms with E-state index in [-0.39, 0.29) is 0 Å². The number of rotatable bonds is 7. The van der Waals surface area contributed by atoms with Gasteiger partial charge in [-0.05, 0) is 158 Å². The second-order valence-corrected chi connectivity index (χ2v) is 33.5. The molecule has 0 N–H and O–H groups in total. The van der Waals surface area contributed by atoms with Crippen LogP contribution >= 0.6 is 45.3 Å². The third-order valence-corrected chi connectivity index (χ3v) is 27.9. The van der Waals surface area contributed by atoms with Crippen molar-refractivity contribution in [2.24, 2.45) is 0 Å². The molecule has 6 heterocycles. The molecule has 528 valence electrons. The Kier molecular flexibility index (Phi) is 14.7. The lowest BCUT2D eigenvalue weighted by atomic mass is 9.87. The molecule has 0 aliphatic carbocycles. The van der Waals surface area contributed by atoms with Gasteiger partial charge in [0.2, 0.25) is 0 Å². The first-order chi connectivity index (χ1) is 56.5. The molecule has 0 aliphatic heterocycles.